The molecule has 0 bridgehead atoms. The van der Waals surface area contributed by atoms with Gasteiger partial charge in [-0.05, 0) is 24.5 Å². The molecule has 8 heteroatoms. The van der Waals surface area contributed by atoms with Gasteiger partial charge in [-0.2, -0.15) is 0 Å². The molecule has 0 unspecified atom stereocenters. The van der Waals surface area contributed by atoms with Gasteiger partial charge in [0, 0.05) is 18.1 Å². The van der Waals surface area contributed by atoms with Crippen LogP contribution in [0.25, 0.3) is 0 Å². The summed E-state index contributed by atoms with van der Waals surface area (Å²) < 4.78 is 50.1. The van der Waals surface area contributed by atoms with Crippen molar-refractivity contribution in [1.82, 2.24) is 4.31 Å². The third kappa shape index (κ3) is 4.06. The highest BCUT2D eigenvalue weighted by atomic mass is 79.9. The van der Waals surface area contributed by atoms with Crippen LogP contribution >= 0.6 is 15.9 Å². The minimum atomic E-state index is -3.48. The van der Waals surface area contributed by atoms with E-state index >= 15 is 0 Å². The summed E-state index contributed by atoms with van der Waals surface area (Å²) in [5.74, 6) is -0.0838. The molecule has 0 saturated carbocycles. The van der Waals surface area contributed by atoms with Crippen molar-refractivity contribution in [3.05, 3.63) is 34.3 Å². The smallest absolute Gasteiger partial charge is 0.217 e. The maximum atomic E-state index is 12.5. The third-order valence-electron chi connectivity index (χ3n) is 3.71. The average molecular weight is 396 g/mol. The van der Waals surface area contributed by atoms with Crippen LogP contribution in [-0.4, -0.2) is 44.9 Å². The monoisotopic (exact) mass is 395 g/mol. The van der Waals surface area contributed by atoms with Crippen LogP contribution < -0.4 is 0 Å². The van der Waals surface area contributed by atoms with Crippen LogP contribution in [-0.2, 0) is 26.4 Å². The van der Waals surface area contributed by atoms with Crippen molar-refractivity contribution >= 4 is 35.8 Å². The minimum absolute atomic E-state index is 0.0419. The molecule has 1 aromatic rings. The van der Waals surface area contributed by atoms with Crippen molar-refractivity contribution in [1.29, 1.82) is 0 Å². The van der Waals surface area contributed by atoms with Gasteiger partial charge in [0.05, 0.1) is 16.8 Å². The van der Waals surface area contributed by atoms with E-state index in [1.807, 2.05) is 24.3 Å². The molecule has 118 valence electrons. The molecule has 0 N–H and O–H groups in total. The summed E-state index contributed by atoms with van der Waals surface area (Å²) in [5.41, 5.74) is 0.881. The first-order valence-corrected chi connectivity index (χ1v) is 10.7. The highest BCUT2D eigenvalue weighted by Gasteiger charge is 2.35. The van der Waals surface area contributed by atoms with Crippen LogP contribution in [0.1, 0.15) is 18.4 Å². The van der Waals surface area contributed by atoms with Gasteiger partial charge in [0.1, 0.15) is 9.84 Å². The number of benzene rings is 1. The summed E-state index contributed by atoms with van der Waals surface area (Å²) in [6, 6.07) is 7.45. The molecule has 21 heavy (non-hydrogen) atoms. The largest absolute Gasteiger partial charge is 0.229 e. The molecule has 1 aliphatic heterocycles. The van der Waals surface area contributed by atoms with Gasteiger partial charge in [0.15, 0.2) is 0 Å². The van der Waals surface area contributed by atoms with Crippen molar-refractivity contribution in [2.24, 2.45) is 0 Å². The number of nitrogens with zero attached hydrogens (tertiary/aromatic N) is 1. The van der Waals surface area contributed by atoms with E-state index in [1.54, 1.807) is 0 Å². The van der Waals surface area contributed by atoms with E-state index in [0.29, 0.717) is 0 Å². The molecule has 0 radical (unpaired) electrons. The Labute approximate surface area is 134 Å². The SMILES string of the molecule is CN(Cc1ccccc1Br)S(=O)(=O)C1CCS(=O)(=O)CC1. The molecular weight excluding hydrogens is 378 g/mol. The predicted octanol–water partition coefficient (Wildman–Crippen LogP) is 1.79. The van der Waals surface area contributed by atoms with Crippen LogP contribution in [0.2, 0.25) is 0 Å². The minimum Gasteiger partial charge on any atom is -0.229 e. The predicted molar refractivity (Wildman–Crippen MR) is 86.2 cm³/mol. The van der Waals surface area contributed by atoms with Crippen LogP contribution in [0.4, 0.5) is 0 Å². The molecule has 0 atom stereocenters. The summed E-state index contributed by atoms with van der Waals surface area (Å²) in [7, 11) is -5.00. The summed E-state index contributed by atoms with van der Waals surface area (Å²) in [6.07, 6.45) is 0.371. The normalized spacial score (nSPS) is 19.8. The molecule has 1 aliphatic rings. The first kappa shape index (κ1) is 16.9. The van der Waals surface area contributed by atoms with Crippen LogP contribution in [0.3, 0.4) is 0 Å². The fourth-order valence-electron chi connectivity index (χ4n) is 2.38. The van der Waals surface area contributed by atoms with Gasteiger partial charge >= 0.3 is 0 Å². The van der Waals surface area contributed by atoms with E-state index in [9.17, 15) is 16.8 Å². The van der Waals surface area contributed by atoms with Crippen LogP contribution in [0, 0.1) is 0 Å². The fraction of sp³-hybridized carbons (Fsp3) is 0.538. The Bertz CT molecular complexity index is 701. The number of sulfonamides is 1. The molecule has 1 heterocycles. The van der Waals surface area contributed by atoms with Gasteiger partial charge in [-0.3, -0.25) is 0 Å². The van der Waals surface area contributed by atoms with Gasteiger partial charge in [0.25, 0.3) is 0 Å². The maximum Gasteiger partial charge on any atom is 0.217 e. The Kier molecular flexibility index (Phi) is 5.12. The first-order chi connectivity index (χ1) is 9.72. The van der Waals surface area contributed by atoms with Crippen LogP contribution in [0.15, 0.2) is 28.7 Å². The Hall–Kier alpha value is -0.440. The molecule has 0 spiro atoms. The molecule has 1 aromatic carbocycles. The highest BCUT2D eigenvalue weighted by molar-refractivity contribution is 9.10. The van der Waals surface area contributed by atoms with Crippen LogP contribution in [0.5, 0.6) is 0 Å². The average Bonchev–Trinajstić information content (AvgIpc) is 2.40. The van der Waals surface area contributed by atoms with E-state index < -0.39 is 25.1 Å². The lowest BCUT2D eigenvalue weighted by Crippen LogP contribution is -2.40. The standard InChI is InChI=1S/C13H18BrNO4S2/c1-15(10-11-4-2-3-5-13(11)14)21(18,19)12-6-8-20(16,17)9-7-12/h2-5,12H,6-10H2,1H3. The van der Waals surface area contributed by atoms with Crippen molar-refractivity contribution < 1.29 is 16.8 Å². The zero-order chi connectivity index (χ0) is 15.7. The van der Waals surface area contributed by atoms with E-state index in [0.717, 1.165) is 10.0 Å². The second kappa shape index (κ2) is 6.36. The summed E-state index contributed by atoms with van der Waals surface area (Å²) in [5, 5.41) is -0.603. The Morgan fingerprint density at radius 3 is 2.38 bits per heavy atom. The lowest BCUT2D eigenvalue weighted by Gasteiger charge is -2.27. The second-order valence-corrected chi connectivity index (χ2v) is 10.7. The zero-order valence-electron chi connectivity index (χ0n) is 11.7. The number of hydrogen-bond acceptors (Lipinski definition) is 4. The lowest BCUT2D eigenvalue weighted by atomic mass is 10.2. The molecule has 2 rings (SSSR count). The number of hydrogen-bond donors (Lipinski definition) is 0. The van der Waals surface area contributed by atoms with Gasteiger partial charge < -0.3 is 0 Å². The molecule has 1 fully saturated rings. The Balaban J connectivity index is 2.11. The van der Waals surface area contributed by atoms with Crippen molar-refractivity contribution in [2.45, 2.75) is 24.6 Å². The number of rotatable bonds is 4. The third-order valence-corrected chi connectivity index (χ3v) is 8.51. The Morgan fingerprint density at radius 2 is 1.81 bits per heavy atom. The molecule has 1 saturated heterocycles. The van der Waals surface area contributed by atoms with Gasteiger partial charge in [0.2, 0.25) is 10.0 Å². The topological polar surface area (TPSA) is 71.5 Å². The van der Waals surface area contributed by atoms with Crippen molar-refractivity contribution in [3.8, 4) is 0 Å². The summed E-state index contributed by atoms with van der Waals surface area (Å²) in [6.45, 7) is 0.271. The van der Waals surface area contributed by atoms with E-state index in [2.05, 4.69) is 15.9 Å². The number of sulfone groups is 1. The zero-order valence-corrected chi connectivity index (χ0v) is 14.9. The molecule has 0 aromatic heterocycles. The molecule has 0 aliphatic carbocycles. The highest BCUT2D eigenvalue weighted by Crippen LogP contribution is 2.24. The lowest BCUT2D eigenvalue weighted by molar-refractivity contribution is 0.448. The Morgan fingerprint density at radius 1 is 1.24 bits per heavy atom. The van der Waals surface area contributed by atoms with Crippen molar-refractivity contribution in [3.63, 3.8) is 0 Å². The van der Waals surface area contributed by atoms with Gasteiger partial charge in [-0.1, -0.05) is 34.1 Å². The van der Waals surface area contributed by atoms with E-state index in [4.69, 9.17) is 0 Å². The quantitative estimate of drug-likeness (QED) is 0.778. The molecule has 5 nitrogen and oxygen atoms in total. The van der Waals surface area contributed by atoms with Gasteiger partial charge in [-0.25, -0.2) is 21.1 Å². The molecule has 0 amide bonds. The maximum absolute atomic E-state index is 12.5. The first-order valence-electron chi connectivity index (χ1n) is 6.61. The van der Waals surface area contributed by atoms with Crippen molar-refractivity contribution in [2.75, 3.05) is 18.6 Å². The van der Waals surface area contributed by atoms with E-state index in [-0.39, 0.29) is 30.9 Å². The van der Waals surface area contributed by atoms with Gasteiger partial charge in [-0.15, -0.1) is 0 Å². The number of halogens is 1. The second-order valence-electron chi connectivity index (χ2n) is 5.24. The molecular formula is C13H18BrNO4S2. The fourth-order valence-corrected chi connectivity index (χ4v) is 6.24. The summed E-state index contributed by atoms with van der Waals surface area (Å²) >= 11 is 3.40. The summed E-state index contributed by atoms with van der Waals surface area (Å²) in [4.78, 5) is 0. The van der Waals surface area contributed by atoms with E-state index in [1.165, 1.54) is 11.4 Å².